The number of hydrogen-bond acceptors (Lipinski definition) is 6. The van der Waals surface area contributed by atoms with Gasteiger partial charge in [0, 0.05) is 36.5 Å². The molecule has 3 aromatic rings. The van der Waals surface area contributed by atoms with Gasteiger partial charge in [-0.3, -0.25) is 0 Å². The van der Waals surface area contributed by atoms with Gasteiger partial charge in [0.25, 0.3) is 0 Å². The molecule has 0 atom stereocenters. The van der Waals surface area contributed by atoms with Crippen LogP contribution in [0.3, 0.4) is 0 Å². The molecule has 0 radical (unpaired) electrons. The lowest BCUT2D eigenvalue weighted by Gasteiger charge is -2.11. The van der Waals surface area contributed by atoms with Gasteiger partial charge in [-0.05, 0) is 29.3 Å². The molecule has 0 spiro atoms. The van der Waals surface area contributed by atoms with E-state index < -0.39 is 9.84 Å². The monoisotopic (exact) mass is 421 g/mol. The Morgan fingerprint density at radius 3 is 2.71 bits per heavy atom. The first-order valence-corrected chi connectivity index (χ1v) is 10.3. The molecule has 2 aliphatic rings. The van der Waals surface area contributed by atoms with Crippen molar-refractivity contribution in [2.45, 2.75) is 36.0 Å². The Kier molecular flexibility index (Phi) is 4.87. The maximum atomic E-state index is 13.3. The van der Waals surface area contributed by atoms with Crippen molar-refractivity contribution in [3.63, 3.8) is 0 Å². The maximum Gasteiger partial charge on any atom is 0.206 e. The largest absolute Gasteiger partial charge is 0.493 e. The minimum absolute atomic E-state index is 0. The maximum absolute atomic E-state index is 13.3. The second kappa shape index (κ2) is 7.08. The van der Waals surface area contributed by atoms with Crippen LogP contribution in [0.4, 0.5) is 0 Å². The zero-order valence-electron chi connectivity index (χ0n) is 15.3. The zero-order valence-corrected chi connectivity index (χ0v) is 16.9. The third-order valence-electron chi connectivity index (χ3n) is 5.28. The summed E-state index contributed by atoms with van der Waals surface area (Å²) in [5.41, 5.74) is 3.58. The average Bonchev–Trinajstić information content (AvgIpc) is 3.30. The average molecular weight is 422 g/mol. The highest BCUT2D eigenvalue weighted by Gasteiger charge is 2.26. The highest BCUT2D eigenvalue weighted by molar-refractivity contribution is 7.91. The number of hydrogen-bond donors (Lipinski definition) is 1. The Morgan fingerprint density at radius 1 is 1.07 bits per heavy atom. The second-order valence-corrected chi connectivity index (χ2v) is 8.81. The van der Waals surface area contributed by atoms with Crippen molar-refractivity contribution in [1.29, 1.82) is 0 Å². The molecule has 8 heteroatoms. The lowest BCUT2D eigenvalue weighted by Crippen LogP contribution is -2.22. The molecule has 0 bridgehead atoms. The summed E-state index contributed by atoms with van der Waals surface area (Å²) in [7, 11) is -2.16. The molecule has 5 rings (SSSR count). The van der Waals surface area contributed by atoms with Crippen LogP contribution < -0.4 is 10.1 Å². The molecule has 2 aliphatic heterocycles. The Balaban J connectivity index is 0.00000192. The van der Waals surface area contributed by atoms with Crippen molar-refractivity contribution < 1.29 is 22.3 Å². The van der Waals surface area contributed by atoms with Gasteiger partial charge in [-0.2, -0.15) is 0 Å². The summed E-state index contributed by atoms with van der Waals surface area (Å²) >= 11 is 0. The molecule has 148 valence electrons. The van der Waals surface area contributed by atoms with Crippen LogP contribution >= 0.6 is 12.4 Å². The van der Waals surface area contributed by atoms with Crippen molar-refractivity contribution >= 4 is 33.2 Å². The van der Waals surface area contributed by atoms with E-state index in [1.807, 2.05) is 6.07 Å². The number of rotatable bonds is 3. The Morgan fingerprint density at radius 2 is 1.89 bits per heavy atom. The number of methoxy groups -OCH3 is 1. The van der Waals surface area contributed by atoms with Gasteiger partial charge in [0.15, 0.2) is 11.3 Å². The molecule has 28 heavy (non-hydrogen) atoms. The summed E-state index contributed by atoms with van der Waals surface area (Å²) in [5, 5.41) is 4.10. The molecule has 1 N–H and O–H groups in total. The van der Waals surface area contributed by atoms with Gasteiger partial charge >= 0.3 is 0 Å². The van der Waals surface area contributed by atoms with E-state index >= 15 is 0 Å². The summed E-state index contributed by atoms with van der Waals surface area (Å²) in [6, 6.07) is 8.43. The van der Waals surface area contributed by atoms with E-state index in [1.54, 1.807) is 24.3 Å². The third-order valence-corrected chi connectivity index (χ3v) is 7.01. The van der Waals surface area contributed by atoms with Crippen LogP contribution in [-0.2, 0) is 40.8 Å². The molecule has 0 amide bonds. The predicted molar refractivity (Wildman–Crippen MR) is 106 cm³/mol. The van der Waals surface area contributed by atoms with Gasteiger partial charge in [-0.25, -0.2) is 8.42 Å². The third kappa shape index (κ3) is 2.90. The van der Waals surface area contributed by atoms with Crippen molar-refractivity contribution in [3.8, 4) is 5.75 Å². The van der Waals surface area contributed by atoms with Gasteiger partial charge in [-0.15, -0.1) is 12.4 Å². The number of ether oxygens (including phenoxy) is 2. The van der Waals surface area contributed by atoms with E-state index in [9.17, 15) is 8.42 Å². The lowest BCUT2D eigenvalue weighted by molar-refractivity contribution is 0.134. The summed E-state index contributed by atoms with van der Waals surface area (Å²) in [4.78, 5) is 0.475. The Hall–Kier alpha value is -2.06. The fourth-order valence-corrected chi connectivity index (χ4v) is 5.16. The van der Waals surface area contributed by atoms with E-state index in [0.29, 0.717) is 31.1 Å². The number of furan rings is 1. The first kappa shape index (κ1) is 19.3. The molecule has 6 nitrogen and oxygen atoms in total. The molecule has 0 unspecified atom stereocenters. The smallest absolute Gasteiger partial charge is 0.206 e. The Bertz CT molecular complexity index is 1170. The lowest BCUT2D eigenvalue weighted by atomic mass is 10.1. The van der Waals surface area contributed by atoms with Crippen molar-refractivity contribution in [1.82, 2.24) is 5.32 Å². The summed E-state index contributed by atoms with van der Waals surface area (Å²) in [6.07, 6.45) is 0.778. The minimum atomic E-state index is -3.69. The van der Waals surface area contributed by atoms with Crippen LogP contribution in [0.5, 0.6) is 5.75 Å². The van der Waals surface area contributed by atoms with E-state index in [-0.39, 0.29) is 22.2 Å². The van der Waals surface area contributed by atoms with Gasteiger partial charge in [-0.1, -0.05) is 6.07 Å². The summed E-state index contributed by atoms with van der Waals surface area (Å²) < 4.78 is 43.4. The highest BCUT2D eigenvalue weighted by atomic mass is 35.5. The second-order valence-electron chi connectivity index (χ2n) is 6.86. The molecule has 1 aromatic heterocycles. The van der Waals surface area contributed by atoms with Gasteiger partial charge in [0.2, 0.25) is 9.84 Å². The van der Waals surface area contributed by atoms with Crippen LogP contribution in [-0.4, -0.2) is 22.1 Å². The number of sulfone groups is 1. The normalized spacial score (nSPS) is 15.8. The number of nitrogens with one attached hydrogen (secondary N) is 1. The number of halogens is 1. The van der Waals surface area contributed by atoms with E-state index in [1.165, 1.54) is 7.11 Å². The molecular weight excluding hydrogens is 402 g/mol. The SMILES string of the molecule is COc1cc(S(=O)(=O)c2ccc3c(c2)COC3)cc2c3c(oc12)CCNC3.Cl. The van der Waals surface area contributed by atoms with Crippen LogP contribution in [0.25, 0.3) is 11.0 Å². The first-order chi connectivity index (χ1) is 13.1. The number of fused-ring (bicyclic) bond motifs is 4. The predicted octanol–water partition coefficient (Wildman–Crippen LogP) is 3.37. The van der Waals surface area contributed by atoms with Crippen LogP contribution in [0.2, 0.25) is 0 Å². The fourth-order valence-electron chi connectivity index (χ4n) is 3.81. The zero-order chi connectivity index (χ0) is 18.6. The summed E-state index contributed by atoms with van der Waals surface area (Å²) in [6.45, 7) is 2.48. The van der Waals surface area contributed by atoms with Crippen LogP contribution in [0, 0.1) is 0 Å². The van der Waals surface area contributed by atoms with Crippen LogP contribution in [0.15, 0.2) is 44.5 Å². The topological polar surface area (TPSA) is 77.8 Å². The molecule has 0 saturated heterocycles. The molecular formula is C20H20ClNO5S. The van der Waals surface area contributed by atoms with Crippen molar-refractivity contribution in [3.05, 3.63) is 52.8 Å². The highest BCUT2D eigenvalue weighted by Crippen LogP contribution is 2.38. The minimum Gasteiger partial charge on any atom is -0.493 e. The van der Waals surface area contributed by atoms with Crippen molar-refractivity contribution in [2.24, 2.45) is 0 Å². The molecule has 0 saturated carbocycles. The molecule has 0 aliphatic carbocycles. The van der Waals surface area contributed by atoms with E-state index in [4.69, 9.17) is 13.9 Å². The molecule has 3 heterocycles. The van der Waals surface area contributed by atoms with Gasteiger partial charge in [0.05, 0.1) is 30.1 Å². The Labute approximate surface area is 169 Å². The molecule has 2 aromatic carbocycles. The van der Waals surface area contributed by atoms with Crippen molar-refractivity contribution in [2.75, 3.05) is 13.7 Å². The first-order valence-electron chi connectivity index (χ1n) is 8.85. The number of benzene rings is 2. The van der Waals surface area contributed by atoms with Gasteiger partial charge in [0.1, 0.15) is 5.76 Å². The van der Waals surface area contributed by atoms with E-state index in [2.05, 4.69) is 5.32 Å². The fraction of sp³-hybridized carbons (Fsp3) is 0.300. The summed E-state index contributed by atoms with van der Waals surface area (Å²) in [5.74, 6) is 1.33. The standard InChI is InChI=1S/C20H19NO5S.ClH/c1-24-19-8-15(7-16-17-9-21-5-4-18(17)26-20(16)19)27(22,23)14-3-2-12-10-25-11-13(12)6-14;/h2-3,6-8,21H,4-5,9-11H2,1H3;1H. The molecule has 0 fully saturated rings. The van der Waals surface area contributed by atoms with Gasteiger partial charge < -0.3 is 19.2 Å². The van der Waals surface area contributed by atoms with Crippen LogP contribution in [0.1, 0.15) is 22.5 Å². The van der Waals surface area contributed by atoms with E-state index in [0.717, 1.165) is 40.8 Å². The quantitative estimate of drug-likeness (QED) is 0.698.